The number of halogens is 1. The minimum Gasteiger partial charge on any atom is -0.342 e. The van der Waals surface area contributed by atoms with Gasteiger partial charge in [0.2, 0.25) is 0 Å². The van der Waals surface area contributed by atoms with Gasteiger partial charge in [-0.25, -0.2) is 4.39 Å². The van der Waals surface area contributed by atoms with Crippen LogP contribution in [0.1, 0.15) is 15.9 Å². The van der Waals surface area contributed by atoms with Crippen LogP contribution in [-0.4, -0.2) is 26.5 Å². The number of aromatic amines is 1. The van der Waals surface area contributed by atoms with Gasteiger partial charge in [0.15, 0.2) is 0 Å². The Bertz CT molecular complexity index is 1110. The third-order valence-electron chi connectivity index (χ3n) is 4.25. The Balaban J connectivity index is 1.67. The van der Waals surface area contributed by atoms with Gasteiger partial charge in [0.25, 0.3) is 11.7 Å². The standard InChI is InChI=1S/C20H15FN4O2/c21-14-7-5-13(6-8-14)11-25-12-16(15-3-1-2-4-17(15)25)19(26)20(27)23-18-9-10-22-24-18/h1-10,12H,11H2,(H2,22,23,24,27). The third kappa shape index (κ3) is 3.35. The van der Waals surface area contributed by atoms with Crippen molar-refractivity contribution in [3.8, 4) is 0 Å². The molecule has 134 valence electrons. The molecule has 2 aromatic carbocycles. The second-order valence-electron chi connectivity index (χ2n) is 6.07. The van der Waals surface area contributed by atoms with E-state index in [2.05, 4.69) is 15.5 Å². The quantitative estimate of drug-likeness (QED) is 0.422. The summed E-state index contributed by atoms with van der Waals surface area (Å²) >= 11 is 0. The summed E-state index contributed by atoms with van der Waals surface area (Å²) in [7, 11) is 0. The first-order valence-electron chi connectivity index (χ1n) is 8.29. The zero-order valence-corrected chi connectivity index (χ0v) is 14.1. The molecule has 0 fully saturated rings. The number of nitrogens with one attached hydrogen (secondary N) is 2. The summed E-state index contributed by atoms with van der Waals surface area (Å²) in [6.45, 7) is 0.455. The van der Waals surface area contributed by atoms with Gasteiger partial charge in [0.1, 0.15) is 11.6 Å². The highest BCUT2D eigenvalue weighted by molar-refractivity contribution is 6.48. The van der Waals surface area contributed by atoms with Crippen LogP contribution in [-0.2, 0) is 11.3 Å². The Hall–Kier alpha value is -3.74. The van der Waals surface area contributed by atoms with Crippen molar-refractivity contribution in [1.29, 1.82) is 0 Å². The molecule has 0 aliphatic rings. The second-order valence-corrected chi connectivity index (χ2v) is 6.07. The van der Waals surface area contributed by atoms with Crippen molar-refractivity contribution in [3.63, 3.8) is 0 Å². The minimum atomic E-state index is -0.746. The van der Waals surface area contributed by atoms with Crippen LogP contribution in [0.15, 0.2) is 67.0 Å². The molecule has 2 aromatic heterocycles. The third-order valence-corrected chi connectivity index (χ3v) is 4.25. The van der Waals surface area contributed by atoms with E-state index < -0.39 is 11.7 Å². The number of anilines is 1. The van der Waals surface area contributed by atoms with Gasteiger partial charge in [-0.15, -0.1) is 0 Å². The number of carbonyl (C=O) groups excluding carboxylic acids is 2. The Morgan fingerprint density at radius 1 is 1.07 bits per heavy atom. The van der Waals surface area contributed by atoms with E-state index in [1.54, 1.807) is 30.5 Å². The van der Waals surface area contributed by atoms with Gasteiger partial charge in [0.05, 0.1) is 11.8 Å². The summed E-state index contributed by atoms with van der Waals surface area (Å²) in [6.07, 6.45) is 3.14. The van der Waals surface area contributed by atoms with Crippen LogP contribution in [0, 0.1) is 5.82 Å². The number of amides is 1. The van der Waals surface area contributed by atoms with E-state index in [9.17, 15) is 14.0 Å². The van der Waals surface area contributed by atoms with E-state index in [1.165, 1.54) is 18.3 Å². The molecule has 0 saturated heterocycles. The Morgan fingerprint density at radius 3 is 2.59 bits per heavy atom. The number of aromatic nitrogens is 3. The van der Waals surface area contributed by atoms with Gasteiger partial charge in [-0.05, 0) is 23.8 Å². The van der Waals surface area contributed by atoms with E-state index in [0.29, 0.717) is 23.3 Å². The first kappa shape index (κ1) is 16.7. The summed E-state index contributed by atoms with van der Waals surface area (Å²) < 4.78 is 15.0. The zero-order chi connectivity index (χ0) is 18.8. The van der Waals surface area contributed by atoms with Crippen LogP contribution >= 0.6 is 0 Å². The lowest BCUT2D eigenvalue weighted by atomic mass is 10.1. The van der Waals surface area contributed by atoms with Crippen LogP contribution in [0.2, 0.25) is 0 Å². The van der Waals surface area contributed by atoms with Gasteiger partial charge in [-0.3, -0.25) is 14.7 Å². The fraction of sp³-hybridized carbons (Fsp3) is 0.0500. The predicted molar refractivity (Wildman–Crippen MR) is 99.0 cm³/mol. The lowest BCUT2D eigenvalue weighted by Gasteiger charge is -2.05. The van der Waals surface area contributed by atoms with E-state index >= 15 is 0 Å². The maximum Gasteiger partial charge on any atom is 0.297 e. The van der Waals surface area contributed by atoms with Crippen LogP contribution in [0.5, 0.6) is 0 Å². The number of H-pyrrole nitrogens is 1. The van der Waals surface area contributed by atoms with E-state index in [4.69, 9.17) is 0 Å². The number of fused-ring (bicyclic) bond motifs is 1. The van der Waals surface area contributed by atoms with Crippen molar-refractivity contribution >= 4 is 28.4 Å². The molecule has 2 heterocycles. The SMILES string of the molecule is O=C(Nc1ccn[nH]1)C(=O)c1cn(Cc2ccc(F)cc2)c2ccccc12. The molecular weight excluding hydrogens is 347 g/mol. The number of ketones is 1. The molecule has 0 aliphatic carbocycles. The van der Waals surface area contributed by atoms with Crippen molar-refractivity contribution in [2.75, 3.05) is 5.32 Å². The summed E-state index contributed by atoms with van der Waals surface area (Å²) in [5.41, 5.74) is 2.02. The number of hydrogen-bond donors (Lipinski definition) is 2. The van der Waals surface area contributed by atoms with Gasteiger partial charge >= 0.3 is 0 Å². The fourth-order valence-electron chi connectivity index (χ4n) is 2.97. The molecule has 0 unspecified atom stereocenters. The van der Waals surface area contributed by atoms with Gasteiger partial charge < -0.3 is 9.88 Å². The Labute approximate surface area is 153 Å². The topological polar surface area (TPSA) is 79.8 Å². The van der Waals surface area contributed by atoms with Gasteiger partial charge in [0, 0.05) is 29.7 Å². The Morgan fingerprint density at radius 2 is 1.85 bits per heavy atom. The maximum atomic E-state index is 13.1. The first-order valence-corrected chi connectivity index (χ1v) is 8.29. The molecule has 0 aliphatic heterocycles. The number of hydrogen-bond acceptors (Lipinski definition) is 3. The summed E-state index contributed by atoms with van der Waals surface area (Å²) in [6, 6.07) is 15.1. The lowest BCUT2D eigenvalue weighted by molar-refractivity contribution is -0.112. The summed E-state index contributed by atoms with van der Waals surface area (Å²) in [5.74, 6) is -1.34. The molecule has 0 saturated carbocycles. The summed E-state index contributed by atoms with van der Waals surface area (Å²) in [4.78, 5) is 25.0. The Kier molecular flexibility index (Phi) is 4.25. The number of rotatable bonds is 5. The number of Topliss-reactive ketones (excluding diaryl/α,β-unsaturated/α-hetero) is 1. The van der Waals surface area contributed by atoms with Crippen LogP contribution in [0.4, 0.5) is 10.2 Å². The first-order chi connectivity index (χ1) is 13.1. The number of para-hydroxylation sites is 1. The maximum absolute atomic E-state index is 13.1. The number of benzene rings is 2. The van der Waals surface area contributed by atoms with Crippen LogP contribution < -0.4 is 5.32 Å². The minimum absolute atomic E-state index is 0.303. The average Bonchev–Trinajstić information content (AvgIpc) is 3.31. The number of nitrogens with zero attached hydrogens (tertiary/aromatic N) is 2. The van der Waals surface area contributed by atoms with Gasteiger partial charge in [-0.1, -0.05) is 30.3 Å². The van der Waals surface area contributed by atoms with Crippen molar-refractivity contribution in [2.45, 2.75) is 6.54 Å². The molecule has 0 radical (unpaired) electrons. The van der Waals surface area contributed by atoms with Gasteiger partial charge in [-0.2, -0.15) is 5.10 Å². The normalized spacial score (nSPS) is 10.9. The number of carbonyl (C=O) groups is 2. The molecule has 6 nitrogen and oxygen atoms in total. The van der Waals surface area contributed by atoms with Crippen LogP contribution in [0.3, 0.4) is 0 Å². The molecule has 27 heavy (non-hydrogen) atoms. The predicted octanol–water partition coefficient (Wildman–Crippen LogP) is 3.37. The molecule has 2 N–H and O–H groups in total. The molecule has 0 atom stereocenters. The molecule has 4 aromatic rings. The smallest absolute Gasteiger partial charge is 0.297 e. The highest BCUT2D eigenvalue weighted by Gasteiger charge is 2.22. The largest absolute Gasteiger partial charge is 0.342 e. The fourth-order valence-corrected chi connectivity index (χ4v) is 2.97. The summed E-state index contributed by atoms with van der Waals surface area (Å²) in [5, 5.41) is 9.49. The van der Waals surface area contributed by atoms with E-state index in [-0.39, 0.29) is 5.82 Å². The molecule has 0 bridgehead atoms. The highest BCUT2D eigenvalue weighted by atomic mass is 19.1. The van der Waals surface area contributed by atoms with E-state index in [1.807, 2.05) is 22.8 Å². The van der Waals surface area contributed by atoms with E-state index in [0.717, 1.165) is 11.1 Å². The van der Waals surface area contributed by atoms with Crippen molar-refractivity contribution in [2.24, 2.45) is 0 Å². The van der Waals surface area contributed by atoms with Crippen LogP contribution in [0.25, 0.3) is 10.9 Å². The monoisotopic (exact) mass is 362 g/mol. The zero-order valence-electron chi connectivity index (χ0n) is 14.1. The van der Waals surface area contributed by atoms with Crippen molar-refractivity contribution in [3.05, 3.63) is 83.9 Å². The molecule has 7 heteroatoms. The van der Waals surface area contributed by atoms with Crippen molar-refractivity contribution in [1.82, 2.24) is 14.8 Å². The molecule has 1 amide bonds. The second kappa shape index (κ2) is 6.87. The molecular formula is C20H15FN4O2. The lowest BCUT2D eigenvalue weighted by Crippen LogP contribution is -2.23. The molecule has 4 rings (SSSR count). The highest BCUT2D eigenvalue weighted by Crippen LogP contribution is 2.23. The average molecular weight is 362 g/mol. The molecule has 0 spiro atoms. The van der Waals surface area contributed by atoms with Crippen molar-refractivity contribution < 1.29 is 14.0 Å².